The number of nitrogens with zero attached hydrogens (tertiary/aromatic N) is 3. The molecule has 37 heavy (non-hydrogen) atoms. The van der Waals surface area contributed by atoms with Crippen LogP contribution in [-0.4, -0.2) is 59.5 Å². The van der Waals surface area contributed by atoms with Crippen molar-refractivity contribution in [3.63, 3.8) is 0 Å². The first-order chi connectivity index (χ1) is 17.9. The van der Waals surface area contributed by atoms with Crippen molar-refractivity contribution >= 4 is 34.2 Å². The molecule has 0 bridgehead atoms. The van der Waals surface area contributed by atoms with Gasteiger partial charge in [-0.2, -0.15) is 0 Å². The highest BCUT2D eigenvalue weighted by Crippen LogP contribution is 2.37. The van der Waals surface area contributed by atoms with E-state index in [-0.39, 0.29) is 23.7 Å². The lowest BCUT2D eigenvalue weighted by Crippen LogP contribution is -2.51. The topological polar surface area (TPSA) is 64.3 Å². The zero-order valence-corrected chi connectivity index (χ0v) is 21.8. The average molecular weight is 520 g/mol. The Balaban J connectivity index is 1.39. The first kappa shape index (κ1) is 25.2. The zero-order valence-electron chi connectivity index (χ0n) is 21.0. The van der Waals surface area contributed by atoms with Crippen LogP contribution in [0.15, 0.2) is 67.0 Å². The molecule has 1 fully saturated rings. The van der Waals surface area contributed by atoms with Gasteiger partial charge in [0.25, 0.3) is 0 Å². The second-order valence-corrected chi connectivity index (χ2v) is 10.2. The molecular formula is C29H31ClFN5O. The summed E-state index contributed by atoms with van der Waals surface area (Å²) in [7, 11) is 0. The Kier molecular flexibility index (Phi) is 7.44. The maximum Gasteiger partial charge on any atom is 0.231 e. The monoisotopic (exact) mass is 519 g/mol. The van der Waals surface area contributed by atoms with Crippen LogP contribution in [0.4, 0.5) is 10.1 Å². The summed E-state index contributed by atoms with van der Waals surface area (Å²) in [5.74, 6) is -0.454. The number of anilines is 1. The van der Waals surface area contributed by atoms with E-state index < -0.39 is 0 Å². The van der Waals surface area contributed by atoms with Gasteiger partial charge in [-0.25, -0.2) is 9.37 Å². The van der Waals surface area contributed by atoms with Crippen LogP contribution in [0.25, 0.3) is 22.2 Å². The summed E-state index contributed by atoms with van der Waals surface area (Å²) in [5.41, 5.74) is 4.43. The van der Waals surface area contributed by atoms with Gasteiger partial charge in [0.05, 0.1) is 11.6 Å². The molecule has 0 saturated carbocycles. The molecule has 2 aromatic carbocycles. The summed E-state index contributed by atoms with van der Waals surface area (Å²) in [5, 5.41) is 5.07. The molecule has 1 aliphatic rings. The summed E-state index contributed by atoms with van der Waals surface area (Å²) in [6.45, 7) is 7.26. The Morgan fingerprint density at radius 3 is 2.57 bits per heavy atom. The third kappa shape index (κ3) is 5.48. The number of fused-ring (bicyclic) bond motifs is 1. The van der Waals surface area contributed by atoms with E-state index in [1.165, 1.54) is 12.1 Å². The van der Waals surface area contributed by atoms with E-state index >= 15 is 0 Å². The lowest BCUT2D eigenvalue weighted by Gasteiger charge is -2.38. The van der Waals surface area contributed by atoms with Crippen LogP contribution in [0.1, 0.15) is 25.3 Å². The van der Waals surface area contributed by atoms with Gasteiger partial charge in [-0.3, -0.25) is 4.79 Å². The van der Waals surface area contributed by atoms with Crippen LogP contribution in [0.3, 0.4) is 0 Å². The Labute approximate surface area is 221 Å². The number of hydrogen-bond acceptors (Lipinski definition) is 4. The van der Waals surface area contributed by atoms with Crippen LogP contribution in [0.5, 0.6) is 0 Å². The van der Waals surface area contributed by atoms with Gasteiger partial charge in [0.1, 0.15) is 11.5 Å². The number of hydrogen-bond donors (Lipinski definition) is 2. The predicted molar refractivity (Wildman–Crippen MR) is 148 cm³/mol. The van der Waals surface area contributed by atoms with Crippen molar-refractivity contribution in [2.24, 2.45) is 0 Å². The van der Waals surface area contributed by atoms with Gasteiger partial charge < -0.3 is 20.1 Å². The largest absolute Gasteiger partial charge is 0.367 e. The molecule has 3 heterocycles. The summed E-state index contributed by atoms with van der Waals surface area (Å²) in [4.78, 5) is 25.7. The number of carbonyl (C=O) groups is 1. The molecule has 5 rings (SSSR count). The molecule has 192 valence electrons. The van der Waals surface area contributed by atoms with Crippen molar-refractivity contribution in [3.8, 4) is 11.1 Å². The molecule has 6 nitrogen and oxygen atoms in total. The van der Waals surface area contributed by atoms with Crippen LogP contribution >= 0.6 is 11.6 Å². The number of H-pyrrole nitrogens is 1. The smallest absolute Gasteiger partial charge is 0.231 e. The zero-order chi connectivity index (χ0) is 25.9. The summed E-state index contributed by atoms with van der Waals surface area (Å²) in [6.07, 6.45) is 3.67. The highest BCUT2D eigenvalue weighted by Gasteiger charge is 2.30. The average Bonchev–Trinajstić information content (AvgIpc) is 3.38. The SMILES string of the molecule is CC(C)NC[C@@H](C(=O)N1CCN(c2c(-c3cccc(F)c3)cnc3[nH]ccc23)CC1)c1ccc(Cl)cc1. The van der Waals surface area contributed by atoms with E-state index in [0.717, 1.165) is 33.4 Å². The minimum Gasteiger partial charge on any atom is -0.367 e. The van der Waals surface area contributed by atoms with Crippen LogP contribution < -0.4 is 10.2 Å². The second-order valence-electron chi connectivity index (χ2n) is 9.75. The van der Waals surface area contributed by atoms with E-state index in [2.05, 4.69) is 34.0 Å². The first-order valence-electron chi connectivity index (χ1n) is 12.7. The molecule has 8 heteroatoms. The second kappa shape index (κ2) is 10.9. The number of rotatable bonds is 7. The van der Waals surface area contributed by atoms with E-state index in [9.17, 15) is 9.18 Å². The number of aromatic amines is 1. The van der Waals surface area contributed by atoms with Gasteiger partial charge in [-0.05, 0) is 41.5 Å². The Morgan fingerprint density at radius 1 is 1.11 bits per heavy atom. The molecular weight excluding hydrogens is 489 g/mol. The fraction of sp³-hybridized carbons (Fsp3) is 0.310. The summed E-state index contributed by atoms with van der Waals surface area (Å²) < 4.78 is 14.1. The first-order valence-corrected chi connectivity index (χ1v) is 13.0. The van der Waals surface area contributed by atoms with Gasteiger partial charge >= 0.3 is 0 Å². The van der Waals surface area contributed by atoms with Gasteiger partial charge in [0.15, 0.2) is 0 Å². The third-order valence-corrected chi connectivity index (χ3v) is 7.15. The van der Waals surface area contributed by atoms with Gasteiger partial charge in [0.2, 0.25) is 5.91 Å². The molecule has 2 N–H and O–H groups in total. The van der Waals surface area contributed by atoms with E-state index in [1.807, 2.05) is 47.5 Å². The lowest BCUT2D eigenvalue weighted by molar-refractivity contribution is -0.133. The van der Waals surface area contributed by atoms with Gasteiger partial charge in [-0.1, -0.05) is 49.7 Å². The normalized spacial score (nSPS) is 14.9. The minimum absolute atomic E-state index is 0.113. The number of benzene rings is 2. The number of aromatic nitrogens is 2. The number of carbonyl (C=O) groups excluding carboxylic acids is 1. The molecule has 1 saturated heterocycles. The predicted octanol–water partition coefficient (Wildman–Crippen LogP) is 5.45. The fourth-order valence-electron chi connectivity index (χ4n) is 4.97. The van der Waals surface area contributed by atoms with Crippen molar-refractivity contribution < 1.29 is 9.18 Å². The quantitative estimate of drug-likeness (QED) is 0.340. The molecule has 1 amide bonds. The lowest BCUT2D eigenvalue weighted by atomic mass is 9.96. The number of piperazine rings is 1. The number of halogens is 2. The maximum atomic E-state index is 14.1. The minimum atomic E-state index is -0.286. The molecule has 0 spiro atoms. The van der Waals surface area contributed by atoms with E-state index in [0.29, 0.717) is 37.7 Å². The van der Waals surface area contributed by atoms with E-state index in [1.54, 1.807) is 12.3 Å². The highest BCUT2D eigenvalue weighted by molar-refractivity contribution is 6.30. The summed E-state index contributed by atoms with van der Waals surface area (Å²) in [6, 6.07) is 16.4. The Hall–Kier alpha value is -3.42. The molecule has 4 aromatic rings. The molecule has 2 aromatic heterocycles. The van der Waals surface area contributed by atoms with Crippen LogP contribution in [0.2, 0.25) is 5.02 Å². The van der Waals surface area contributed by atoms with Gasteiger partial charge in [-0.15, -0.1) is 0 Å². The molecule has 1 atom stereocenters. The molecule has 0 aliphatic carbocycles. The maximum absolute atomic E-state index is 14.1. The molecule has 1 aliphatic heterocycles. The molecule has 0 radical (unpaired) electrons. The fourth-order valence-corrected chi connectivity index (χ4v) is 5.09. The highest BCUT2D eigenvalue weighted by atomic mass is 35.5. The van der Waals surface area contributed by atoms with Crippen LogP contribution in [0, 0.1) is 5.82 Å². The van der Waals surface area contributed by atoms with E-state index in [4.69, 9.17) is 11.6 Å². The Morgan fingerprint density at radius 2 is 1.86 bits per heavy atom. The van der Waals surface area contributed by atoms with Crippen molar-refractivity contribution in [3.05, 3.63) is 83.4 Å². The number of amides is 1. The van der Waals surface area contributed by atoms with Crippen molar-refractivity contribution in [2.45, 2.75) is 25.8 Å². The standard InChI is InChI=1S/C29H31ClFN5O/c1-19(2)33-18-26(20-6-8-22(30)9-7-20)29(37)36-14-12-35(13-15-36)27-24-10-11-32-28(24)34-17-25(27)21-4-3-5-23(31)16-21/h3-11,16-17,19,26,33H,12-15,18H2,1-2H3,(H,32,34)/t26-/m1/s1. The summed E-state index contributed by atoms with van der Waals surface area (Å²) >= 11 is 6.10. The van der Waals surface area contributed by atoms with Gasteiger partial charge in [0, 0.05) is 67.1 Å². The Bertz CT molecular complexity index is 1380. The van der Waals surface area contributed by atoms with Crippen molar-refractivity contribution in [2.75, 3.05) is 37.6 Å². The number of pyridine rings is 1. The van der Waals surface area contributed by atoms with Crippen molar-refractivity contribution in [1.29, 1.82) is 0 Å². The molecule has 0 unspecified atom stereocenters. The number of nitrogens with one attached hydrogen (secondary N) is 2. The van der Waals surface area contributed by atoms with Crippen molar-refractivity contribution in [1.82, 2.24) is 20.2 Å². The third-order valence-electron chi connectivity index (χ3n) is 6.90. The van der Waals surface area contributed by atoms with Crippen LogP contribution in [-0.2, 0) is 4.79 Å².